The third kappa shape index (κ3) is 2.03. The minimum Gasteiger partial charge on any atom is -0.344 e. The number of nitrogens with one attached hydrogen (secondary N) is 2. The molecule has 0 radical (unpaired) electrons. The number of rotatable bonds is 4. The summed E-state index contributed by atoms with van der Waals surface area (Å²) in [5.74, 6) is 0.596. The highest BCUT2D eigenvalue weighted by Gasteiger charge is 2.70. The lowest BCUT2D eigenvalue weighted by molar-refractivity contribution is -1.18. The Morgan fingerprint density at radius 1 is 1.00 bits per heavy atom. The van der Waals surface area contributed by atoms with Crippen LogP contribution in [-0.4, -0.2) is 36.5 Å². The minimum atomic E-state index is -0.0787. The molecule has 4 nitrogen and oxygen atoms in total. The van der Waals surface area contributed by atoms with Crippen molar-refractivity contribution >= 4 is 16.7 Å². The van der Waals surface area contributed by atoms with E-state index in [1.54, 1.807) is 15.4 Å². The number of aryl methyl sites for hydroxylation is 1. The van der Waals surface area contributed by atoms with Crippen molar-refractivity contribution < 1.29 is 14.6 Å². The van der Waals surface area contributed by atoms with Crippen molar-refractivity contribution in [3.05, 3.63) is 35.5 Å². The summed E-state index contributed by atoms with van der Waals surface area (Å²) in [6, 6.07) is 8.92. The van der Waals surface area contributed by atoms with Crippen LogP contribution in [0, 0.1) is 17.8 Å². The van der Waals surface area contributed by atoms with Crippen molar-refractivity contribution in [1.29, 1.82) is 0 Å². The number of fused-ring (bicyclic) bond motifs is 1. The third-order valence-electron chi connectivity index (χ3n) is 8.28. The van der Waals surface area contributed by atoms with Gasteiger partial charge in [0.2, 0.25) is 6.17 Å². The first-order chi connectivity index (χ1) is 13.0. The highest BCUT2D eigenvalue weighted by Crippen LogP contribution is 2.41. The van der Waals surface area contributed by atoms with Gasteiger partial charge in [0, 0.05) is 23.1 Å². The Morgan fingerprint density at radius 3 is 2.07 bits per heavy atom. The number of para-hydroxylation sites is 1. The molecule has 4 heteroatoms. The molecule has 144 valence electrons. The lowest BCUT2D eigenvalue weighted by atomic mass is 9.58. The van der Waals surface area contributed by atoms with Crippen LogP contribution in [0.4, 0.5) is 0 Å². The molecular formula is C23H33N3O+2. The molecule has 4 bridgehead atoms. The second kappa shape index (κ2) is 5.68. The van der Waals surface area contributed by atoms with E-state index in [0.29, 0.717) is 11.9 Å². The molecule has 1 aromatic carbocycles. The SMILES string of the molecule is CCn1c(C)c(C2[NH+]3CC4(CC)C[NH+]2CC(CC)(C3)C4=O)c2ccccc21. The molecule has 4 aliphatic heterocycles. The first-order valence-corrected chi connectivity index (χ1v) is 10.8. The fourth-order valence-electron chi connectivity index (χ4n) is 7.03. The number of aromatic nitrogens is 1. The Kier molecular flexibility index (Phi) is 3.67. The summed E-state index contributed by atoms with van der Waals surface area (Å²) < 4.78 is 2.48. The highest BCUT2D eigenvalue weighted by molar-refractivity contribution is 5.92. The molecule has 0 aliphatic carbocycles. The summed E-state index contributed by atoms with van der Waals surface area (Å²) in [5.41, 5.74) is 4.18. The van der Waals surface area contributed by atoms with Gasteiger partial charge >= 0.3 is 0 Å². The lowest BCUT2D eigenvalue weighted by Gasteiger charge is -2.60. The first-order valence-electron chi connectivity index (χ1n) is 10.8. The first kappa shape index (κ1) is 17.4. The minimum absolute atomic E-state index is 0.0787. The number of quaternary nitrogens is 2. The van der Waals surface area contributed by atoms with Crippen LogP contribution in [0.5, 0.6) is 0 Å². The Hall–Kier alpha value is -1.65. The molecule has 4 fully saturated rings. The number of hydrogen-bond donors (Lipinski definition) is 2. The van der Waals surface area contributed by atoms with Gasteiger partial charge in [-0.2, -0.15) is 0 Å². The van der Waals surface area contributed by atoms with Crippen LogP contribution in [0.15, 0.2) is 24.3 Å². The van der Waals surface area contributed by atoms with Gasteiger partial charge in [0.15, 0.2) is 5.78 Å². The summed E-state index contributed by atoms with van der Waals surface area (Å²) in [6.45, 7) is 14.2. The van der Waals surface area contributed by atoms with E-state index in [4.69, 9.17) is 0 Å². The molecule has 6 rings (SSSR count). The standard InChI is InChI=1S/C23H31N3O/c1-5-22-12-24-14-23(6-2,21(22)27)15-25(13-22)20(24)19-16(4)26(7-3)18-11-9-8-10-17(18)19/h8-11,20H,5-7,12-15H2,1-4H3/p+2. The number of hydrogen-bond acceptors (Lipinski definition) is 1. The molecule has 4 saturated heterocycles. The summed E-state index contributed by atoms with van der Waals surface area (Å²) >= 11 is 0. The van der Waals surface area contributed by atoms with Crippen LogP contribution >= 0.6 is 0 Å². The molecule has 0 saturated carbocycles. The van der Waals surface area contributed by atoms with Crippen molar-refractivity contribution in [1.82, 2.24) is 4.57 Å². The zero-order chi connectivity index (χ0) is 19.0. The van der Waals surface area contributed by atoms with Crippen LogP contribution < -0.4 is 9.80 Å². The average molecular weight is 368 g/mol. The monoisotopic (exact) mass is 367 g/mol. The second-order valence-corrected chi connectivity index (χ2v) is 9.31. The van der Waals surface area contributed by atoms with Crippen LogP contribution in [-0.2, 0) is 11.3 Å². The molecule has 1 aromatic heterocycles. The van der Waals surface area contributed by atoms with Crippen LogP contribution in [0.25, 0.3) is 10.9 Å². The fourth-order valence-corrected chi connectivity index (χ4v) is 7.03. The van der Waals surface area contributed by atoms with Gasteiger partial charge in [0.05, 0.1) is 5.56 Å². The Bertz CT molecular complexity index is 885. The molecule has 0 unspecified atom stereocenters. The molecular weight excluding hydrogens is 334 g/mol. The van der Waals surface area contributed by atoms with Crippen LogP contribution in [0.2, 0.25) is 0 Å². The number of carbonyl (C=O) groups excluding carboxylic acids is 1. The smallest absolute Gasteiger partial charge is 0.242 e. The predicted molar refractivity (Wildman–Crippen MR) is 107 cm³/mol. The maximum absolute atomic E-state index is 13.4. The Morgan fingerprint density at radius 2 is 1.56 bits per heavy atom. The van der Waals surface area contributed by atoms with E-state index in [0.717, 1.165) is 45.6 Å². The van der Waals surface area contributed by atoms with E-state index in [1.165, 1.54) is 16.6 Å². The molecule has 4 aliphatic rings. The van der Waals surface area contributed by atoms with Gasteiger partial charge in [-0.05, 0) is 32.8 Å². The molecule has 5 heterocycles. The Balaban J connectivity index is 1.67. The molecule has 27 heavy (non-hydrogen) atoms. The van der Waals surface area contributed by atoms with Gasteiger partial charge in [0.1, 0.15) is 37.0 Å². The van der Waals surface area contributed by atoms with Gasteiger partial charge in [-0.3, -0.25) is 14.6 Å². The number of piperidine rings is 2. The molecule has 0 amide bonds. The van der Waals surface area contributed by atoms with Crippen molar-refractivity contribution in [2.45, 2.75) is 53.2 Å². The van der Waals surface area contributed by atoms with Gasteiger partial charge in [-0.15, -0.1) is 0 Å². The van der Waals surface area contributed by atoms with Crippen molar-refractivity contribution in [2.75, 3.05) is 26.2 Å². The maximum Gasteiger partial charge on any atom is 0.242 e. The molecule has 0 atom stereocenters. The van der Waals surface area contributed by atoms with Crippen LogP contribution in [0.1, 0.15) is 51.0 Å². The van der Waals surface area contributed by atoms with E-state index in [9.17, 15) is 4.79 Å². The summed E-state index contributed by atoms with van der Waals surface area (Å²) in [4.78, 5) is 16.7. The highest BCUT2D eigenvalue weighted by atomic mass is 16.1. The zero-order valence-electron chi connectivity index (χ0n) is 17.2. The quantitative estimate of drug-likeness (QED) is 0.834. The van der Waals surface area contributed by atoms with Crippen molar-refractivity contribution in [3.63, 3.8) is 0 Å². The van der Waals surface area contributed by atoms with E-state index in [1.807, 2.05) is 0 Å². The summed E-state index contributed by atoms with van der Waals surface area (Å²) in [7, 11) is 0. The van der Waals surface area contributed by atoms with Crippen molar-refractivity contribution in [2.24, 2.45) is 10.8 Å². The third-order valence-corrected chi connectivity index (χ3v) is 8.28. The summed E-state index contributed by atoms with van der Waals surface area (Å²) in [5, 5.41) is 1.43. The van der Waals surface area contributed by atoms with E-state index >= 15 is 0 Å². The van der Waals surface area contributed by atoms with Crippen molar-refractivity contribution in [3.8, 4) is 0 Å². The Labute approximate surface area is 162 Å². The fraction of sp³-hybridized carbons (Fsp3) is 0.609. The second-order valence-electron chi connectivity index (χ2n) is 9.31. The van der Waals surface area contributed by atoms with E-state index in [2.05, 4.69) is 56.5 Å². The number of nitrogens with zero attached hydrogens (tertiary/aromatic N) is 1. The lowest BCUT2D eigenvalue weighted by Crippen LogP contribution is -3.41. The number of Topliss-reactive ketones (excluding diaryl/α,β-unsaturated/α-hetero) is 1. The summed E-state index contributed by atoms with van der Waals surface area (Å²) in [6.07, 6.45) is 2.49. The number of ketones is 1. The number of benzene rings is 1. The largest absolute Gasteiger partial charge is 0.344 e. The van der Waals surface area contributed by atoms with Gasteiger partial charge < -0.3 is 4.57 Å². The van der Waals surface area contributed by atoms with Gasteiger partial charge in [-0.25, -0.2) is 0 Å². The van der Waals surface area contributed by atoms with E-state index in [-0.39, 0.29) is 10.8 Å². The topological polar surface area (TPSA) is 30.9 Å². The molecule has 2 N–H and O–H groups in total. The maximum atomic E-state index is 13.4. The average Bonchev–Trinajstić information content (AvgIpc) is 2.96. The van der Waals surface area contributed by atoms with Gasteiger partial charge in [0.25, 0.3) is 0 Å². The predicted octanol–water partition coefficient (Wildman–Crippen LogP) is 1.14. The normalized spacial score (nSPS) is 37.5. The van der Waals surface area contributed by atoms with Crippen LogP contribution in [0.3, 0.4) is 0 Å². The zero-order valence-corrected chi connectivity index (χ0v) is 17.2. The van der Waals surface area contributed by atoms with Gasteiger partial charge in [-0.1, -0.05) is 32.0 Å². The molecule has 2 aromatic rings. The number of carbonyl (C=O) groups is 1. The molecule has 0 spiro atoms. The van der Waals surface area contributed by atoms with E-state index < -0.39 is 0 Å².